The molecule has 0 saturated heterocycles. The molecule has 0 atom stereocenters. The molecule has 0 bridgehead atoms. The molecule has 0 N–H and O–H groups in total. The highest BCUT2D eigenvalue weighted by molar-refractivity contribution is 7.14. The van der Waals surface area contributed by atoms with E-state index in [4.69, 9.17) is 0 Å². The number of hydrogen-bond acceptors (Lipinski definition) is 4. The lowest BCUT2D eigenvalue weighted by molar-refractivity contribution is -0.126. The maximum Gasteiger partial charge on any atom is 0.246 e. The first-order chi connectivity index (χ1) is 14.5. The first kappa shape index (κ1) is 21.4. The van der Waals surface area contributed by atoms with Gasteiger partial charge in [0.25, 0.3) is 0 Å². The molecule has 3 rings (SSSR count). The van der Waals surface area contributed by atoms with E-state index in [9.17, 15) is 14.0 Å². The lowest BCUT2D eigenvalue weighted by Crippen LogP contribution is -2.28. The topological polar surface area (TPSA) is 53.5 Å². The van der Waals surface area contributed by atoms with Gasteiger partial charge in [-0.1, -0.05) is 30.3 Å². The zero-order valence-electron chi connectivity index (χ0n) is 16.8. The first-order valence-electron chi connectivity index (χ1n) is 9.50. The molecule has 3 aromatic rings. The van der Waals surface area contributed by atoms with Crippen molar-refractivity contribution >= 4 is 40.0 Å². The van der Waals surface area contributed by atoms with Crippen LogP contribution in [0.2, 0.25) is 0 Å². The van der Waals surface area contributed by atoms with Gasteiger partial charge in [-0.3, -0.25) is 14.5 Å². The number of halogens is 1. The second-order valence-electron chi connectivity index (χ2n) is 6.56. The molecule has 2 amide bonds. The molecule has 7 heteroatoms. The van der Waals surface area contributed by atoms with Crippen molar-refractivity contribution in [1.29, 1.82) is 0 Å². The summed E-state index contributed by atoms with van der Waals surface area (Å²) in [5, 5.41) is 2.33. The third-order valence-corrected chi connectivity index (χ3v) is 5.23. The molecular formula is C23H22FN3O2S. The summed E-state index contributed by atoms with van der Waals surface area (Å²) >= 11 is 1.33. The van der Waals surface area contributed by atoms with Crippen LogP contribution in [0.3, 0.4) is 0 Å². The van der Waals surface area contributed by atoms with Gasteiger partial charge in [-0.15, -0.1) is 11.3 Å². The van der Waals surface area contributed by atoms with Crippen molar-refractivity contribution < 1.29 is 14.0 Å². The molecule has 0 fully saturated rings. The quantitative estimate of drug-likeness (QED) is 0.501. The zero-order chi connectivity index (χ0) is 21.5. The zero-order valence-corrected chi connectivity index (χ0v) is 17.6. The van der Waals surface area contributed by atoms with E-state index in [0.717, 1.165) is 11.3 Å². The number of anilines is 2. The van der Waals surface area contributed by atoms with E-state index in [1.54, 1.807) is 28.5 Å². The third-order valence-electron chi connectivity index (χ3n) is 4.38. The molecule has 0 aliphatic heterocycles. The predicted molar refractivity (Wildman–Crippen MR) is 118 cm³/mol. The van der Waals surface area contributed by atoms with Crippen LogP contribution < -0.4 is 4.90 Å². The lowest BCUT2D eigenvalue weighted by Gasteiger charge is -2.19. The van der Waals surface area contributed by atoms with Gasteiger partial charge in [0, 0.05) is 31.5 Å². The van der Waals surface area contributed by atoms with Crippen molar-refractivity contribution in [3.8, 4) is 0 Å². The molecule has 154 valence electrons. The Morgan fingerprint density at radius 2 is 1.90 bits per heavy atom. The number of hydrogen-bond donors (Lipinski definition) is 0. The van der Waals surface area contributed by atoms with Gasteiger partial charge in [0.15, 0.2) is 5.13 Å². The Labute approximate surface area is 179 Å². The van der Waals surface area contributed by atoms with Gasteiger partial charge in [0.2, 0.25) is 11.8 Å². The second kappa shape index (κ2) is 9.93. The molecule has 0 saturated carbocycles. The molecule has 0 aliphatic rings. The Kier molecular flexibility index (Phi) is 7.08. The number of benzene rings is 2. The first-order valence-corrected chi connectivity index (χ1v) is 10.4. The molecule has 5 nitrogen and oxygen atoms in total. The fraction of sp³-hybridized carbons (Fsp3) is 0.174. The van der Waals surface area contributed by atoms with E-state index in [1.807, 2.05) is 37.3 Å². The fourth-order valence-corrected chi connectivity index (χ4v) is 3.78. The van der Waals surface area contributed by atoms with Crippen LogP contribution in [0, 0.1) is 5.82 Å². The molecule has 0 radical (unpaired) electrons. The number of rotatable bonds is 7. The lowest BCUT2D eigenvalue weighted by atomic mass is 10.2. The van der Waals surface area contributed by atoms with Crippen LogP contribution in [0.1, 0.15) is 25.1 Å². The van der Waals surface area contributed by atoms with Gasteiger partial charge >= 0.3 is 0 Å². The molecule has 0 spiro atoms. The van der Waals surface area contributed by atoms with Gasteiger partial charge in [-0.05, 0) is 42.8 Å². The van der Waals surface area contributed by atoms with Crippen LogP contribution in [0.15, 0.2) is 66.1 Å². The summed E-state index contributed by atoms with van der Waals surface area (Å²) in [7, 11) is 0. The summed E-state index contributed by atoms with van der Waals surface area (Å²) in [6.45, 7) is 4.18. The van der Waals surface area contributed by atoms with Crippen molar-refractivity contribution in [3.63, 3.8) is 0 Å². The van der Waals surface area contributed by atoms with Gasteiger partial charge in [0.1, 0.15) is 5.82 Å². The second-order valence-corrected chi connectivity index (χ2v) is 7.40. The highest BCUT2D eigenvalue weighted by atomic mass is 32.1. The van der Waals surface area contributed by atoms with E-state index < -0.39 is 0 Å². The molecule has 0 unspecified atom stereocenters. The normalized spacial score (nSPS) is 10.9. The van der Waals surface area contributed by atoms with Crippen LogP contribution in [0.4, 0.5) is 15.2 Å². The van der Waals surface area contributed by atoms with Crippen LogP contribution >= 0.6 is 11.3 Å². The summed E-state index contributed by atoms with van der Waals surface area (Å²) in [6, 6.07) is 15.5. The number of aromatic nitrogens is 1. The van der Waals surface area contributed by atoms with E-state index in [0.29, 0.717) is 23.9 Å². The maximum atomic E-state index is 13.4. The Morgan fingerprint density at radius 1 is 1.13 bits per heavy atom. The van der Waals surface area contributed by atoms with E-state index >= 15 is 0 Å². The molecular weight excluding hydrogens is 401 g/mol. The standard InChI is InChI=1S/C23H22FN3O2S/c1-3-26(15-18-8-7-9-19(24)14-18)22(29)13-12-20-16-30-23(25-20)27(17(2)28)21-10-5-4-6-11-21/h4-14,16H,3,15H2,1-2H3/b13-12+. The molecule has 0 aliphatic carbocycles. The number of likely N-dealkylation sites (N-methyl/N-ethyl adjacent to an activating group) is 1. The van der Waals surface area contributed by atoms with Gasteiger partial charge in [0.05, 0.1) is 11.4 Å². The average Bonchev–Trinajstić information content (AvgIpc) is 3.19. The number of para-hydroxylation sites is 1. The summed E-state index contributed by atoms with van der Waals surface area (Å²) in [5.74, 6) is -0.660. The molecule has 30 heavy (non-hydrogen) atoms. The number of carbonyl (C=O) groups is 2. The van der Waals surface area contributed by atoms with Crippen molar-refractivity contribution in [3.05, 3.63) is 83.1 Å². The molecule has 2 aromatic carbocycles. The van der Waals surface area contributed by atoms with Crippen molar-refractivity contribution in [2.24, 2.45) is 0 Å². The summed E-state index contributed by atoms with van der Waals surface area (Å²) < 4.78 is 13.4. The minimum Gasteiger partial charge on any atom is -0.335 e. The maximum absolute atomic E-state index is 13.4. The monoisotopic (exact) mass is 423 g/mol. The highest BCUT2D eigenvalue weighted by Crippen LogP contribution is 2.29. The van der Waals surface area contributed by atoms with E-state index in [1.165, 1.54) is 41.4 Å². The number of nitrogens with zero attached hydrogens (tertiary/aromatic N) is 3. The van der Waals surface area contributed by atoms with Crippen LogP contribution in [-0.2, 0) is 16.1 Å². The Hall–Kier alpha value is -3.32. The fourth-order valence-electron chi connectivity index (χ4n) is 2.92. The smallest absolute Gasteiger partial charge is 0.246 e. The van der Waals surface area contributed by atoms with Crippen molar-refractivity contribution in [1.82, 2.24) is 9.88 Å². The minimum atomic E-state index is -0.324. The van der Waals surface area contributed by atoms with Gasteiger partial charge < -0.3 is 4.90 Å². The van der Waals surface area contributed by atoms with Crippen molar-refractivity contribution in [2.45, 2.75) is 20.4 Å². The number of carbonyl (C=O) groups excluding carboxylic acids is 2. The molecule has 1 heterocycles. The Bertz CT molecular complexity index is 1050. The summed E-state index contributed by atoms with van der Waals surface area (Å²) in [4.78, 5) is 32.3. The summed E-state index contributed by atoms with van der Waals surface area (Å²) in [5.41, 5.74) is 2.06. The van der Waals surface area contributed by atoms with E-state index in [-0.39, 0.29) is 17.6 Å². The van der Waals surface area contributed by atoms with Gasteiger partial charge in [-0.2, -0.15) is 0 Å². The van der Waals surface area contributed by atoms with Crippen LogP contribution in [-0.4, -0.2) is 28.2 Å². The summed E-state index contributed by atoms with van der Waals surface area (Å²) in [6.07, 6.45) is 3.07. The largest absolute Gasteiger partial charge is 0.335 e. The van der Waals surface area contributed by atoms with E-state index in [2.05, 4.69) is 4.98 Å². The molecule has 1 aromatic heterocycles. The number of amides is 2. The van der Waals surface area contributed by atoms with Gasteiger partial charge in [-0.25, -0.2) is 9.37 Å². The highest BCUT2D eigenvalue weighted by Gasteiger charge is 2.17. The third kappa shape index (κ3) is 5.39. The van der Waals surface area contributed by atoms with Crippen LogP contribution in [0.5, 0.6) is 0 Å². The Balaban J connectivity index is 1.72. The van der Waals surface area contributed by atoms with Crippen LogP contribution in [0.25, 0.3) is 6.08 Å². The number of thiazole rings is 1. The average molecular weight is 424 g/mol. The Morgan fingerprint density at radius 3 is 2.57 bits per heavy atom. The SMILES string of the molecule is CCN(Cc1cccc(F)c1)C(=O)/C=C/c1csc(N(C(C)=O)c2ccccc2)n1. The predicted octanol–water partition coefficient (Wildman–Crippen LogP) is 5.03. The van der Waals surface area contributed by atoms with Crippen molar-refractivity contribution in [2.75, 3.05) is 11.4 Å². The minimum absolute atomic E-state index is 0.144.